The third-order valence-corrected chi connectivity index (χ3v) is 5.21. The Balaban J connectivity index is 2.11. The van der Waals surface area contributed by atoms with Crippen molar-refractivity contribution >= 4 is 35.2 Å². The van der Waals surface area contributed by atoms with Gasteiger partial charge in [-0.15, -0.1) is 11.8 Å². The first-order chi connectivity index (χ1) is 12.9. The van der Waals surface area contributed by atoms with Gasteiger partial charge in [0.15, 0.2) is 0 Å². The number of likely N-dealkylation sites (N-methyl/N-ethyl adjacent to an activating group) is 1. The minimum Gasteiger partial charge on any atom is -0.355 e. The van der Waals surface area contributed by atoms with Crippen LogP contribution in [0.15, 0.2) is 53.4 Å². The van der Waals surface area contributed by atoms with E-state index in [0.717, 1.165) is 10.5 Å². The minimum absolute atomic E-state index is 0.168. The molecule has 2 amide bonds. The van der Waals surface area contributed by atoms with Crippen molar-refractivity contribution in [1.29, 1.82) is 0 Å². The molecule has 2 aromatic carbocycles. The summed E-state index contributed by atoms with van der Waals surface area (Å²) >= 11 is 7.26. The molecule has 4 nitrogen and oxygen atoms in total. The highest BCUT2D eigenvalue weighted by atomic mass is 35.5. The average Bonchev–Trinajstić information content (AvgIpc) is 2.66. The highest BCUT2D eigenvalue weighted by molar-refractivity contribution is 8.00. The van der Waals surface area contributed by atoms with E-state index in [9.17, 15) is 14.0 Å². The Bertz CT molecular complexity index is 769. The van der Waals surface area contributed by atoms with Gasteiger partial charge in [-0.3, -0.25) is 9.59 Å². The molecule has 1 atom stereocenters. The number of carbonyl (C=O) groups excluding carboxylic acids is 2. The predicted octanol–water partition coefficient (Wildman–Crippen LogP) is 4.12. The Morgan fingerprint density at radius 2 is 1.78 bits per heavy atom. The maximum Gasteiger partial charge on any atom is 0.242 e. The number of nitrogens with zero attached hydrogens (tertiary/aromatic N) is 1. The second-order valence-electron chi connectivity index (χ2n) is 5.96. The third kappa shape index (κ3) is 6.56. The number of nitrogens with one attached hydrogen (secondary N) is 1. The summed E-state index contributed by atoms with van der Waals surface area (Å²) in [6, 6.07) is 12.5. The van der Waals surface area contributed by atoms with Gasteiger partial charge >= 0.3 is 0 Å². The fourth-order valence-electron chi connectivity index (χ4n) is 2.45. The third-order valence-electron chi connectivity index (χ3n) is 3.96. The molecule has 0 unspecified atom stereocenters. The van der Waals surface area contributed by atoms with Crippen LogP contribution in [-0.2, 0) is 16.1 Å². The lowest BCUT2D eigenvalue weighted by atomic mass is 10.1. The quantitative estimate of drug-likeness (QED) is 0.668. The van der Waals surface area contributed by atoms with E-state index in [1.54, 1.807) is 31.2 Å². The molecule has 27 heavy (non-hydrogen) atoms. The normalized spacial score (nSPS) is 11.7. The minimum atomic E-state index is -0.631. The Morgan fingerprint density at radius 3 is 2.37 bits per heavy atom. The molecule has 0 aliphatic carbocycles. The predicted molar refractivity (Wildman–Crippen MR) is 107 cm³/mol. The van der Waals surface area contributed by atoms with Crippen LogP contribution in [-0.4, -0.2) is 35.1 Å². The Kier molecular flexibility index (Phi) is 8.13. The lowest BCUT2D eigenvalue weighted by Crippen LogP contribution is -2.48. The molecule has 0 spiro atoms. The Labute approximate surface area is 168 Å². The van der Waals surface area contributed by atoms with Gasteiger partial charge < -0.3 is 10.2 Å². The number of rotatable bonds is 8. The van der Waals surface area contributed by atoms with E-state index in [1.165, 1.54) is 28.8 Å². The van der Waals surface area contributed by atoms with E-state index in [2.05, 4.69) is 5.32 Å². The van der Waals surface area contributed by atoms with Gasteiger partial charge in [0.25, 0.3) is 0 Å². The lowest BCUT2D eigenvalue weighted by Gasteiger charge is -2.28. The van der Waals surface area contributed by atoms with E-state index in [0.29, 0.717) is 11.6 Å². The van der Waals surface area contributed by atoms with Crippen molar-refractivity contribution in [3.8, 4) is 0 Å². The second kappa shape index (κ2) is 10.3. The molecule has 0 radical (unpaired) electrons. The molecular formula is C20H22ClFN2O2S. The smallest absolute Gasteiger partial charge is 0.242 e. The maximum absolute atomic E-state index is 13.1. The summed E-state index contributed by atoms with van der Waals surface area (Å²) in [6.45, 7) is 4.24. The number of amides is 2. The topological polar surface area (TPSA) is 49.4 Å². The molecule has 1 N–H and O–H groups in total. The van der Waals surface area contributed by atoms with Crippen molar-refractivity contribution in [2.75, 3.05) is 12.3 Å². The Morgan fingerprint density at radius 1 is 1.15 bits per heavy atom. The monoisotopic (exact) mass is 408 g/mol. The van der Waals surface area contributed by atoms with Gasteiger partial charge in [0.05, 0.1) is 5.75 Å². The molecule has 144 valence electrons. The highest BCUT2D eigenvalue weighted by Crippen LogP contribution is 2.21. The molecule has 0 aliphatic heterocycles. The maximum atomic E-state index is 13.1. The van der Waals surface area contributed by atoms with Crippen molar-refractivity contribution in [3.05, 3.63) is 64.9 Å². The highest BCUT2D eigenvalue weighted by Gasteiger charge is 2.25. The van der Waals surface area contributed by atoms with Gasteiger partial charge in [0.2, 0.25) is 11.8 Å². The second-order valence-corrected chi connectivity index (χ2v) is 7.45. The van der Waals surface area contributed by atoms with Crippen molar-refractivity contribution in [2.24, 2.45) is 0 Å². The van der Waals surface area contributed by atoms with Crippen LogP contribution >= 0.6 is 23.4 Å². The van der Waals surface area contributed by atoms with Crippen LogP contribution in [0.2, 0.25) is 5.02 Å². The fraction of sp³-hybridized carbons (Fsp3) is 0.300. The van der Waals surface area contributed by atoms with Gasteiger partial charge in [-0.1, -0.05) is 23.7 Å². The molecule has 2 rings (SSSR count). The van der Waals surface area contributed by atoms with Crippen LogP contribution in [0.5, 0.6) is 0 Å². The summed E-state index contributed by atoms with van der Waals surface area (Å²) in [5.41, 5.74) is 0.761. The zero-order valence-corrected chi connectivity index (χ0v) is 16.8. The summed E-state index contributed by atoms with van der Waals surface area (Å²) in [7, 11) is 0. The van der Waals surface area contributed by atoms with Crippen LogP contribution < -0.4 is 5.32 Å². The van der Waals surface area contributed by atoms with Gasteiger partial charge in [-0.2, -0.15) is 0 Å². The molecule has 0 aliphatic rings. The number of carbonyl (C=O) groups is 2. The van der Waals surface area contributed by atoms with Gasteiger partial charge in [-0.25, -0.2) is 4.39 Å². The molecule has 0 fully saturated rings. The number of hydrogen-bond acceptors (Lipinski definition) is 3. The number of hydrogen-bond donors (Lipinski definition) is 1. The first-order valence-corrected chi connectivity index (χ1v) is 9.97. The first-order valence-electron chi connectivity index (χ1n) is 8.60. The number of halogens is 2. The van der Waals surface area contributed by atoms with E-state index < -0.39 is 6.04 Å². The molecule has 7 heteroatoms. The first kappa shape index (κ1) is 21.3. The van der Waals surface area contributed by atoms with Crippen LogP contribution in [0.4, 0.5) is 4.39 Å². The van der Waals surface area contributed by atoms with Gasteiger partial charge in [-0.05, 0) is 55.8 Å². The van der Waals surface area contributed by atoms with Crippen LogP contribution in [0.25, 0.3) is 0 Å². The molecule has 0 saturated heterocycles. The van der Waals surface area contributed by atoms with Crippen LogP contribution in [0, 0.1) is 5.82 Å². The summed E-state index contributed by atoms with van der Waals surface area (Å²) in [6.07, 6.45) is 0. The van der Waals surface area contributed by atoms with E-state index in [1.807, 2.05) is 19.1 Å². The molecule has 0 saturated carbocycles. The van der Waals surface area contributed by atoms with Crippen LogP contribution in [0.1, 0.15) is 19.4 Å². The van der Waals surface area contributed by atoms with E-state index >= 15 is 0 Å². The molecule has 0 aromatic heterocycles. The lowest BCUT2D eigenvalue weighted by molar-refractivity contribution is -0.138. The fourth-order valence-corrected chi connectivity index (χ4v) is 3.36. The average molecular weight is 409 g/mol. The van der Waals surface area contributed by atoms with Gasteiger partial charge in [0, 0.05) is 23.0 Å². The largest absolute Gasteiger partial charge is 0.355 e. The Hall–Kier alpha value is -2.05. The summed E-state index contributed by atoms with van der Waals surface area (Å²) < 4.78 is 13.1. The van der Waals surface area contributed by atoms with Crippen molar-refractivity contribution in [3.63, 3.8) is 0 Å². The van der Waals surface area contributed by atoms with E-state index in [4.69, 9.17) is 11.6 Å². The summed E-state index contributed by atoms with van der Waals surface area (Å²) in [5, 5.41) is 3.37. The molecule has 2 aromatic rings. The number of benzene rings is 2. The van der Waals surface area contributed by atoms with Crippen molar-refractivity contribution in [2.45, 2.75) is 31.3 Å². The van der Waals surface area contributed by atoms with Crippen molar-refractivity contribution < 1.29 is 14.0 Å². The molecular weight excluding hydrogens is 387 g/mol. The zero-order chi connectivity index (χ0) is 19.8. The summed E-state index contributed by atoms with van der Waals surface area (Å²) in [4.78, 5) is 27.5. The SMILES string of the molecule is CCNC(=O)[C@H](C)N(Cc1ccc(F)cc1)C(=O)CSc1ccc(Cl)cc1. The molecule has 0 heterocycles. The molecule has 0 bridgehead atoms. The summed E-state index contributed by atoms with van der Waals surface area (Å²) in [5.74, 6) is -0.541. The number of thioether (sulfide) groups is 1. The van der Waals surface area contributed by atoms with Crippen molar-refractivity contribution in [1.82, 2.24) is 10.2 Å². The zero-order valence-electron chi connectivity index (χ0n) is 15.2. The van der Waals surface area contributed by atoms with Crippen LogP contribution in [0.3, 0.4) is 0 Å². The standard InChI is InChI=1S/C20H22ClFN2O2S/c1-3-23-20(26)14(2)24(12-15-4-8-17(22)9-5-15)19(25)13-27-18-10-6-16(21)7-11-18/h4-11,14H,3,12-13H2,1-2H3,(H,23,26)/t14-/m0/s1. The van der Waals surface area contributed by atoms with E-state index in [-0.39, 0.29) is 29.9 Å². The van der Waals surface area contributed by atoms with Gasteiger partial charge in [0.1, 0.15) is 11.9 Å².